The number of anilines is 1. The van der Waals surface area contributed by atoms with Crippen molar-refractivity contribution in [1.82, 2.24) is 0 Å². The number of carbonyl (C=O) groups is 1. The number of hydrogen-bond donors (Lipinski definition) is 1. The monoisotopic (exact) mass is 379 g/mol. The molecule has 0 aliphatic rings. The highest BCUT2D eigenvalue weighted by Crippen LogP contribution is 2.29. The number of benzene rings is 2. The van der Waals surface area contributed by atoms with Gasteiger partial charge in [-0.05, 0) is 36.2 Å². The maximum Gasteiger partial charge on any atom is 0.387 e. The van der Waals surface area contributed by atoms with E-state index >= 15 is 0 Å². The number of hydrogen-bond acceptors (Lipinski definition) is 4. The fourth-order valence-corrected chi connectivity index (χ4v) is 2.35. The summed E-state index contributed by atoms with van der Waals surface area (Å²) in [5.74, 6) is 0.958. The average molecular weight is 379 g/mol. The van der Waals surface area contributed by atoms with E-state index in [0.717, 1.165) is 12.8 Å². The lowest BCUT2D eigenvalue weighted by Gasteiger charge is -2.14. The van der Waals surface area contributed by atoms with Crippen molar-refractivity contribution in [3.8, 4) is 17.2 Å². The van der Waals surface area contributed by atoms with Crippen molar-refractivity contribution >= 4 is 11.6 Å². The van der Waals surface area contributed by atoms with Crippen LogP contribution < -0.4 is 19.5 Å². The van der Waals surface area contributed by atoms with Gasteiger partial charge in [0.05, 0.1) is 25.8 Å². The van der Waals surface area contributed by atoms with E-state index in [2.05, 4.69) is 17.0 Å². The summed E-state index contributed by atoms with van der Waals surface area (Å²) >= 11 is 0. The molecule has 0 saturated carbocycles. The Morgan fingerprint density at radius 1 is 1.11 bits per heavy atom. The van der Waals surface area contributed by atoms with Crippen LogP contribution in [0.4, 0.5) is 14.5 Å². The number of amides is 1. The lowest BCUT2D eigenvalue weighted by atomic mass is 10.1. The van der Waals surface area contributed by atoms with Crippen molar-refractivity contribution in [2.45, 2.75) is 32.8 Å². The molecule has 1 N–H and O–H groups in total. The van der Waals surface area contributed by atoms with Gasteiger partial charge in [0.1, 0.15) is 17.2 Å². The molecular formula is C20H23F2NO4. The van der Waals surface area contributed by atoms with Gasteiger partial charge in [-0.25, -0.2) is 0 Å². The van der Waals surface area contributed by atoms with Gasteiger partial charge in [-0.3, -0.25) is 4.79 Å². The summed E-state index contributed by atoms with van der Waals surface area (Å²) in [5.41, 5.74) is 1.19. The second-order valence-corrected chi connectivity index (χ2v) is 5.81. The smallest absolute Gasteiger partial charge is 0.387 e. The topological polar surface area (TPSA) is 56.8 Å². The van der Waals surface area contributed by atoms with Crippen LogP contribution in [0.3, 0.4) is 0 Å². The van der Waals surface area contributed by atoms with Crippen LogP contribution in [-0.2, 0) is 11.2 Å². The van der Waals surface area contributed by atoms with E-state index in [1.54, 1.807) is 37.4 Å². The number of unbranched alkanes of at least 4 members (excludes halogenated alkanes) is 1. The van der Waals surface area contributed by atoms with Crippen LogP contribution >= 0.6 is 0 Å². The number of alkyl halides is 2. The molecule has 146 valence electrons. The Hall–Kier alpha value is -2.83. The molecule has 0 aromatic heterocycles. The van der Waals surface area contributed by atoms with Crippen LogP contribution in [0.15, 0.2) is 42.5 Å². The summed E-state index contributed by atoms with van der Waals surface area (Å²) in [4.78, 5) is 12.4. The molecule has 7 heteroatoms. The van der Waals surface area contributed by atoms with Gasteiger partial charge in [-0.2, -0.15) is 8.78 Å². The summed E-state index contributed by atoms with van der Waals surface area (Å²) in [6.45, 7) is -0.257. The summed E-state index contributed by atoms with van der Waals surface area (Å²) in [6.07, 6.45) is 2.00. The van der Waals surface area contributed by atoms with E-state index < -0.39 is 6.61 Å². The molecule has 0 unspecified atom stereocenters. The molecule has 0 atom stereocenters. The Labute approximate surface area is 157 Å². The molecule has 1 amide bonds. The standard InChI is InChI=1S/C20H23F2NO4/c1-3-4-11-26-18-10-9-16(25-2)13-17(18)23-19(24)12-14-5-7-15(8-6-14)27-20(21)22/h5-10,13,20H,3-4,11-12H2,1-2H3,(H,23,24). The largest absolute Gasteiger partial charge is 0.497 e. The summed E-state index contributed by atoms with van der Waals surface area (Å²) < 4.78 is 39.6. The molecule has 0 aliphatic heterocycles. The maximum absolute atomic E-state index is 12.4. The van der Waals surface area contributed by atoms with E-state index in [9.17, 15) is 13.6 Å². The molecule has 0 spiro atoms. The molecule has 5 nitrogen and oxygen atoms in total. The highest BCUT2D eigenvalue weighted by Gasteiger charge is 2.11. The molecule has 0 heterocycles. The first-order valence-electron chi connectivity index (χ1n) is 8.66. The number of nitrogens with one attached hydrogen (secondary N) is 1. The number of rotatable bonds is 10. The molecule has 0 fully saturated rings. The van der Waals surface area contributed by atoms with E-state index in [0.29, 0.717) is 29.4 Å². The van der Waals surface area contributed by atoms with E-state index in [1.165, 1.54) is 12.1 Å². The molecular weight excluding hydrogens is 356 g/mol. The zero-order valence-corrected chi connectivity index (χ0v) is 15.3. The minimum Gasteiger partial charge on any atom is -0.497 e. The zero-order valence-electron chi connectivity index (χ0n) is 15.3. The number of carbonyl (C=O) groups excluding carboxylic acids is 1. The highest BCUT2D eigenvalue weighted by molar-refractivity contribution is 5.94. The predicted molar refractivity (Wildman–Crippen MR) is 98.8 cm³/mol. The first kappa shape index (κ1) is 20.5. The molecule has 2 aromatic carbocycles. The second kappa shape index (κ2) is 10.4. The molecule has 2 aromatic rings. The number of ether oxygens (including phenoxy) is 3. The fourth-order valence-electron chi connectivity index (χ4n) is 2.35. The van der Waals surface area contributed by atoms with Crippen molar-refractivity contribution in [3.63, 3.8) is 0 Å². The molecule has 0 bridgehead atoms. The second-order valence-electron chi connectivity index (χ2n) is 5.81. The summed E-state index contributed by atoms with van der Waals surface area (Å²) in [7, 11) is 1.54. The van der Waals surface area contributed by atoms with Crippen molar-refractivity contribution in [3.05, 3.63) is 48.0 Å². The molecule has 0 aliphatic carbocycles. The normalized spacial score (nSPS) is 10.6. The van der Waals surface area contributed by atoms with Gasteiger partial charge in [0, 0.05) is 6.07 Å². The SMILES string of the molecule is CCCCOc1ccc(OC)cc1NC(=O)Cc1ccc(OC(F)F)cc1. The maximum atomic E-state index is 12.4. The van der Waals surface area contributed by atoms with Gasteiger partial charge >= 0.3 is 6.61 Å². The highest BCUT2D eigenvalue weighted by atomic mass is 19.3. The fraction of sp³-hybridized carbons (Fsp3) is 0.350. The molecule has 0 saturated heterocycles. The van der Waals surface area contributed by atoms with Crippen LogP contribution in [0.1, 0.15) is 25.3 Å². The van der Waals surface area contributed by atoms with E-state index in [1.807, 2.05) is 0 Å². The third-order valence-electron chi connectivity index (χ3n) is 3.73. The number of methoxy groups -OCH3 is 1. The van der Waals surface area contributed by atoms with Gasteiger partial charge < -0.3 is 19.5 Å². The van der Waals surface area contributed by atoms with Gasteiger partial charge in [0.2, 0.25) is 5.91 Å². The molecule has 2 rings (SSSR count). The molecule has 27 heavy (non-hydrogen) atoms. The van der Waals surface area contributed by atoms with Gasteiger partial charge in [-0.1, -0.05) is 25.5 Å². The average Bonchev–Trinajstić information content (AvgIpc) is 2.64. The van der Waals surface area contributed by atoms with E-state index in [-0.39, 0.29) is 18.1 Å². The van der Waals surface area contributed by atoms with Crippen molar-refractivity contribution in [2.24, 2.45) is 0 Å². The van der Waals surface area contributed by atoms with Gasteiger partial charge in [0.15, 0.2) is 0 Å². The Kier molecular flexibility index (Phi) is 7.85. The predicted octanol–water partition coefficient (Wildman–Crippen LogP) is 4.66. The van der Waals surface area contributed by atoms with Gasteiger partial charge in [0.25, 0.3) is 0 Å². The Balaban J connectivity index is 2.03. The van der Waals surface area contributed by atoms with E-state index in [4.69, 9.17) is 9.47 Å². The van der Waals surface area contributed by atoms with Crippen molar-refractivity contribution < 1.29 is 27.8 Å². The van der Waals surface area contributed by atoms with Crippen molar-refractivity contribution in [2.75, 3.05) is 19.0 Å². The lowest BCUT2D eigenvalue weighted by Crippen LogP contribution is -2.15. The van der Waals surface area contributed by atoms with Crippen LogP contribution in [-0.4, -0.2) is 26.2 Å². The Morgan fingerprint density at radius 3 is 2.44 bits per heavy atom. The first-order valence-corrected chi connectivity index (χ1v) is 8.66. The number of halogens is 2. The Bertz CT molecular complexity index is 735. The third kappa shape index (κ3) is 6.77. The zero-order chi connectivity index (χ0) is 19.6. The summed E-state index contributed by atoms with van der Waals surface area (Å²) in [5, 5.41) is 2.81. The quantitative estimate of drug-likeness (QED) is 0.610. The lowest BCUT2D eigenvalue weighted by molar-refractivity contribution is -0.115. The summed E-state index contributed by atoms with van der Waals surface area (Å²) in [6, 6.07) is 11.2. The Morgan fingerprint density at radius 2 is 1.81 bits per heavy atom. The first-order chi connectivity index (χ1) is 13.0. The minimum atomic E-state index is -2.88. The van der Waals surface area contributed by atoms with Crippen LogP contribution in [0.25, 0.3) is 0 Å². The molecule has 0 radical (unpaired) electrons. The van der Waals surface area contributed by atoms with Crippen molar-refractivity contribution in [1.29, 1.82) is 0 Å². The third-order valence-corrected chi connectivity index (χ3v) is 3.73. The van der Waals surface area contributed by atoms with Crippen LogP contribution in [0, 0.1) is 0 Å². The van der Waals surface area contributed by atoms with Crippen LogP contribution in [0.5, 0.6) is 17.2 Å². The minimum absolute atomic E-state index is 0.0496. The van der Waals surface area contributed by atoms with Crippen LogP contribution in [0.2, 0.25) is 0 Å². The van der Waals surface area contributed by atoms with Gasteiger partial charge in [-0.15, -0.1) is 0 Å².